The van der Waals surface area contributed by atoms with Gasteiger partial charge in [-0.25, -0.2) is 0 Å². The first-order chi connectivity index (χ1) is 11.8. The Morgan fingerprint density at radius 1 is 1.00 bits per heavy atom. The molecule has 4 heteroatoms. The molecule has 0 N–H and O–H groups in total. The third-order valence-electron chi connectivity index (χ3n) is 5.31. The standard InChI is InChI=1S/C20H24ClN3/c21-17-7-5-16(6-8-17)20-18-4-3-10-22-19(18)9-13-24(20)15-14-23-11-1-2-12-23/h3-8,10,20H,1-2,9,11-15H2. The Kier molecular flexibility index (Phi) is 4.83. The van der Waals surface area contributed by atoms with Crippen LogP contribution in [0.5, 0.6) is 0 Å². The van der Waals surface area contributed by atoms with E-state index in [1.54, 1.807) is 0 Å². The van der Waals surface area contributed by atoms with Gasteiger partial charge in [0.15, 0.2) is 0 Å². The second-order valence-corrected chi connectivity index (χ2v) is 7.26. The highest BCUT2D eigenvalue weighted by atomic mass is 35.5. The molecule has 2 aliphatic rings. The number of fused-ring (bicyclic) bond motifs is 1. The molecular formula is C20H24ClN3. The lowest BCUT2D eigenvalue weighted by atomic mass is 9.91. The number of benzene rings is 1. The van der Waals surface area contributed by atoms with Gasteiger partial charge in [0.2, 0.25) is 0 Å². The Hall–Kier alpha value is -1.42. The molecule has 4 rings (SSSR count). The van der Waals surface area contributed by atoms with Crippen molar-refractivity contribution in [2.45, 2.75) is 25.3 Å². The fourth-order valence-electron chi connectivity index (χ4n) is 4.04. The van der Waals surface area contributed by atoms with Gasteiger partial charge >= 0.3 is 0 Å². The minimum absolute atomic E-state index is 0.294. The van der Waals surface area contributed by atoms with E-state index in [1.165, 1.54) is 49.3 Å². The number of hydrogen-bond donors (Lipinski definition) is 0. The van der Waals surface area contributed by atoms with Crippen LogP contribution in [0.2, 0.25) is 5.02 Å². The molecule has 24 heavy (non-hydrogen) atoms. The van der Waals surface area contributed by atoms with Crippen LogP contribution in [0.4, 0.5) is 0 Å². The van der Waals surface area contributed by atoms with Crippen molar-refractivity contribution in [3.05, 3.63) is 64.4 Å². The summed E-state index contributed by atoms with van der Waals surface area (Å²) in [4.78, 5) is 9.83. The summed E-state index contributed by atoms with van der Waals surface area (Å²) in [6, 6.07) is 12.9. The summed E-state index contributed by atoms with van der Waals surface area (Å²) in [5.74, 6) is 0. The summed E-state index contributed by atoms with van der Waals surface area (Å²) >= 11 is 6.10. The highest BCUT2D eigenvalue weighted by Crippen LogP contribution is 2.34. The lowest BCUT2D eigenvalue weighted by Crippen LogP contribution is -2.41. The van der Waals surface area contributed by atoms with Gasteiger partial charge < -0.3 is 4.90 Å². The average molecular weight is 342 g/mol. The van der Waals surface area contributed by atoms with Gasteiger partial charge in [0.1, 0.15) is 0 Å². The second-order valence-electron chi connectivity index (χ2n) is 6.83. The Balaban J connectivity index is 1.61. The van der Waals surface area contributed by atoms with Gasteiger partial charge in [-0.1, -0.05) is 29.8 Å². The molecule has 1 atom stereocenters. The highest BCUT2D eigenvalue weighted by molar-refractivity contribution is 6.30. The molecule has 1 unspecified atom stereocenters. The lowest BCUT2D eigenvalue weighted by molar-refractivity contribution is 0.181. The van der Waals surface area contributed by atoms with Crippen molar-refractivity contribution in [2.75, 3.05) is 32.7 Å². The molecule has 2 aliphatic heterocycles. The molecule has 0 aliphatic carbocycles. The topological polar surface area (TPSA) is 19.4 Å². The Bertz CT molecular complexity index is 680. The summed E-state index contributed by atoms with van der Waals surface area (Å²) in [6.45, 7) is 5.88. The lowest BCUT2D eigenvalue weighted by Gasteiger charge is -2.38. The largest absolute Gasteiger partial charge is 0.302 e. The van der Waals surface area contributed by atoms with E-state index in [2.05, 4.69) is 39.0 Å². The molecule has 0 bridgehead atoms. The molecule has 1 saturated heterocycles. The molecule has 0 saturated carbocycles. The van der Waals surface area contributed by atoms with Crippen molar-refractivity contribution in [3.63, 3.8) is 0 Å². The first kappa shape index (κ1) is 16.1. The maximum absolute atomic E-state index is 6.10. The Labute approximate surface area is 149 Å². The van der Waals surface area contributed by atoms with Crippen LogP contribution in [-0.4, -0.2) is 47.5 Å². The summed E-state index contributed by atoms with van der Waals surface area (Å²) in [6.07, 6.45) is 5.67. The zero-order valence-corrected chi connectivity index (χ0v) is 14.8. The number of nitrogens with zero attached hydrogens (tertiary/aromatic N) is 3. The average Bonchev–Trinajstić information content (AvgIpc) is 3.14. The predicted octanol–water partition coefficient (Wildman–Crippen LogP) is 3.78. The van der Waals surface area contributed by atoms with Crippen molar-refractivity contribution in [2.24, 2.45) is 0 Å². The van der Waals surface area contributed by atoms with Gasteiger partial charge in [-0.2, -0.15) is 0 Å². The van der Waals surface area contributed by atoms with Crippen LogP contribution < -0.4 is 0 Å². The molecular weight excluding hydrogens is 318 g/mol. The third-order valence-corrected chi connectivity index (χ3v) is 5.56. The fourth-order valence-corrected chi connectivity index (χ4v) is 4.16. The van der Waals surface area contributed by atoms with Gasteiger partial charge in [-0.05, 0) is 55.3 Å². The summed E-state index contributed by atoms with van der Waals surface area (Å²) in [5.41, 5.74) is 3.91. The highest BCUT2D eigenvalue weighted by Gasteiger charge is 2.29. The zero-order valence-electron chi connectivity index (χ0n) is 14.0. The number of pyridine rings is 1. The van der Waals surface area contributed by atoms with E-state index in [4.69, 9.17) is 11.6 Å². The van der Waals surface area contributed by atoms with E-state index in [1.807, 2.05) is 18.3 Å². The van der Waals surface area contributed by atoms with Gasteiger partial charge in [-0.15, -0.1) is 0 Å². The van der Waals surface area contributed by atoms with Gasteiger partial charge in [0.05, 0.1) is 6.04 Å². The van der Waals surface area contributed by atoms with Crippen LogP contribution in [0.15, 0.2) is 42.6 Å². The van der Waals surface area contributed by atoms with Crippen molar-refractivity contribution in [1.82, 2.24) is 14.8 Å². The van der Waals surface area contributed by atoms with Crippen LogP contribution in [0.3, 0.4) is 0 Å². The van der Waals surface area contributed by atoms with E-state index in [-0.39, 0.29) is 0 Å². The molecule has 1 aromatic carbocycles. The Morgan fingerprint density at radius 2 is 1.79 bits per heavy atom. The van der Waals surface area contributed by atoms with E-state index < -0.39 is 0 Å². The molecule has 3 nitrogen and oxygen atoms in total. The van der Waals surface area contributed by atoms with E-state index in [9.17, 15) is 0 Å². The van der Waals surface area contributed by atoms with Gasteiger partial charge in [0.25, 0.3) is 0 Å². The number of hydrogen-bond acceptors (Lipinski definition) is 3. The second kappa shape index (κ2) is 7.22. The molecule has 2 aromatic rings. The number of rotatable bonds is 4. The van der Waals surface area contributed by atoms with Crippen LogP contribution in [0, 0.1) is 0 Å². The smallest absolute Gasteiger partial charge is 0.0620 e. The van der Waals surface area contributed by atoms with E-state index in [0.29, 0.717) is 6.04 Å². The Morgan fingerprint density at radius 3 is 2.58 bits per heavy atom. The predicted molar refractivity (Wildman–Crippen MR) is 98.5 cm³/mol. The first-order valence-corrected chi connectivity index (χ1v) is 9.35. The van der Waals surface area contributed by atoms with Crippen LogP contribution in [0.1, 0.15) is 35.7 Å². The molecule has 1 fully saturated rings. The molecule has 126 valence electrons. The van der Waals surface area contributed by atoms with Gasteiger partial charge in [0, 0.05) is 43.0 Å². The van der Waals surface area contributed by atoms with Crippen LogP contribution in [-0.2, 0) is 6.42 Å². The SMILES string of the molecule is Clc1ccc(C2c3cccnc3CCN2CCN2CCCC2)cc1. The summed E-state index contributed by atoms with van der Waals surface area (Å²) in [7, 11) is 0. The summed E-state index contributed by atoms with van der Waals surface area (Å²) < 4.78 is 0. The monoisotopic (exact) mass is 341 g/mol. The third kappa shape index (κ3) is 3.34. The van der Waals surface area contributed by atoms with Crippen molar-refractivity contribution >= 4 is 11.6 Å². The fraction of sp³-hybridized carbons (Fsp3) is 0.450. The number of likely N-dealkylation sites (tertiary alicyclic amines) is 1. The maximum Gasteiger partial charge on any atom is 0.0620 e. The van der Waals surface area contributed by atoms with Crippen LogP contribution in [0.25, 0.3) is 0 Å². The normalized spacial score (nSPS) is 21.8. The molecule has 0 amide bonds. The molecule has 3 heterocycles. The van der Waals surface area contributed by atoms with Crippen LogP contribution >= 0.6 is 11.6 Å². The zero-order chi connectivity index (χ0) is 16.4. The first-order valence-electron chi connectivity index (χ1n) is 8.97. The van der Waals surface area contributed by atoms with Crippen molar-refractivity contribution < 1.29 is 0 Å². The summed E-state index contributed by atoms with van der Waals surface area (Å²) in [5, 5.41) is 0.796. The van der Waals surface area contributed by atoms with Crippen molar-refractivity contribution in [1.29, 1.82) is 0 Å². The maximum atomic E-state index is 6.10. The van der Waals surface area contributed by atoms with Gasteiger partial charge in [-0.3, -0.25) is 9.88 Å². The minimum atomic E-state index is 0.294. The number of halogens is 1. The molecule has 0 radical (unpaired) electrons. The van der Waals surface area contributed by atoms with E-state index in [0.717, 1.165) is 24.5 Å². The molecule has 1 aromatic heterocycles. The minimum Gasteiger partial charge on any atom is -0.302 e. The molecule has 0 spiro atoms. The van der Waals surface area contributed by atoms with Crippen molar-refractivity contribution in [3.8, 4) is 0 Å². The quantitative estimate of drug-likeness (QED) is 0.843. The number of aromatic nitrogens is 1. The van der Waals surface area contributed by atoms with E-state index >= 15 is 0 Å².